The van der Waals surface area contributed by atoms with E-state index in [1.54, 1.807) is 6.08 Å². The zero-order chi connectivity index (χ0) is 10.7. The van der Waals surface area contributed by atoms with Crippen molar-refractivity contribution in [2.45, 2.75) is 40.0 Å². The van der Waals surface area contributed by atoms with E-state index in [-0.39, 0.29) is 23.4 Å². The molecule has 0 radical (unpaired) electrons. The highest BCUT2D eigenvalue weighted by molar-refractivity contribution is 5.95. The maximum atomic E-state index is 11.7. The molecule has 78 valence electrons. The second-order valence-electron chi connectivity index (χ2n) is 4.45. The molecule has 0 saturated carbocycles. The molecule has 0 spiro atoms. The first kappa shape index (κ1) is 11.2. The molecular formula is C12H18O2. The van der Waals surface area contributed by atoms with Gasteiger partial charge in [0.2, 0.25) is 0 Å². The average Bonchev–Trinajstić information content (AvgIpc) is 2.25. The molecule has 0 aromatic heterocycles. The first-order chi connectivity index (χ1) is 6.50. The molecule has 2 nitrogen and oxygen atoms in total. The third-order valence-corrected chi connectivity index (χ3v) is 2.71. The summed E-state index contributed by atoms with van der Waals surface area (Å²) in [6, 6.07) is 0. The molecule has 1 aliphatic carbocycles. The van der Waals surface area contributed by atoms with Gasteiger partial charge in [0.1, 0.15) is 5.78 Å². The monoisotopic (exact) mass is 194 g/mol. The van der Waals surface area contributed by atoms with Gasteiger partial charge in [0.25, 0.3) is 0 Å². The van der Waals surface area contributed by atoms with Crippen LogP contribution >= 0.6 is 0 Å². The molecule has 0 amide bonds. The van der Waals surface area contributed by atoms with Crippen molar-refractivity contribution in [2.75, 3.05) is 0 Å². The summed E-state index contributed by atoms with van der Waals surface area (Å²) in [6.45, 7) is 5.76. The van der Waals surface area contributed by atoms with E-state index in [1.165, 1.54) is 0 Å². The Kier molecular flexibility index (Phi) is 3.62. The highest BCUT2D eigenvalue weighted by atomic mass is 16.1. The minimum atomic E-state index is -0.0452. The standard InChI is InChI=1S/C12H18O2/c1-8(2)12(14)10-5-4-9(3)6-11(13)7-10/h6,8,10H,4-5,7H2,1-3H3. The molecule has 0 aliphatic heterocycles. The molecule has 0 aromatic carbocycles. The number of allylic oxidation sites excluding steroid dienone is 2. The lowest BCUT2D eigenvalue weighted by atomic mass is 9.88. The van der Waals surface area contributed by atoms with Crippen molar-refractivity contribution in [3.05, 3.63) is 11.6 Å². The quantitative estimate of drug-likeness (QED) is 0.677. The van der Waals surface area contributed by atoms with Crippen LogP contribution < -0.4 is 0 Å². The fraction of sp³-hybridized carbons (Fsp3) is 0.667. The van der Waals surface area contributed by atoms with E-state index in [0.717, 1.165) is 18.4 Å². The number of ketones is 2. The lowest BCUT2D eigenvalue weighted by molar-refractivity contribution is -0.128. The number of rotatable bonds is 2. The third kappa shape index (κ3) is 2.79. The summed E-state index contributed by atoms with van der Waals surface area (Å²) in [6.07, 6.45) is 3.82. The van der Waals surface area contributed by atoms with Gasteiger partial charge in [-0.3, -0.25) is 9.59 Å². The van der Waals surface area contributed by atoms with Crippen LogP contribution in [0.5, 0.6) is 0 Å². The van der Waals surface area contributed by atoms with E-state index in [0.29, 0.717) is 6.42 Å². The zero-order valence-corrected chi connectivity index (χ0v) is 9.17. The first-order valence-corrected chi connectivity index (χ1v) is 5.24. The van der Waals surface area contributed by atoms with Gasteiger partial charge >= 0.3 is 0 Å². The molecule has 1 rings (SSSR count). The van der Waals surface area contributed by atoms with E-state index in [4.69, 9.17) is 0 Å². The summed E-state index contributed by atoms with van der Waals surface area (Å²) in [5.41, 5.74) is 1.11. The molecule has 1 unspecified atom stereocenters. The second kappa shape index (κ2) is 4.54. The Morgan fingerprint density at radius 1 is 1.50 bits per heavy atom. The van der Waals surface area contributed by atoms with Crippen LogP contribution in [0.3, 0.4) is 0 Å². The van der Waals surface area contributed by atoms with Gasteiger partial charge in [0, 0.05) is 18.3 Å². The number of hydrogen-bond donors (Lipinski definition) is 0. The lowest BCUT2D eigenvalue weighted by Gasteiger charge is -2.14. The smallest absolute Gasteiger partial charge is 0.156 e. The van der Waals surface area contributed by atoms with E-state index in [1.807, 2.05) is 20.8 Å². The van der Waals surface area contributed by atoms with Crippen molar-refractivity contribution in [1.29, 1.82) is 0 Å². The van der Waals surface area contributed by atoms with E-state index in [9.17, 15) is 9.59 Å². The van der Waals surface area contributed by atoms with Gasteiger partial charge in [-0.25, -0.2) is 0 Å². The minimum Gasteiger partial charge on any atom is -0.299 e. The molecule has 0 fully saturated rings. The molecule has 0 saturated heterocycles. The van der Waals surface area contributed by atoms with Crippen LogP contribution in [0.15, 0.2) is 11.6 Å². The maximum absolute atomic E-state index is 11.7. The van der Waals surface area contributed by atoms with Gasteiger partial charge in [0.15, 0.2) is 5.78 Å². The summed E-state index contributed by atoms with van der Waals surface area (Å²) in [5, 5.41) is 0. The van der Waals surface area contributed by atoms with Crippen LogP contribution in [-0.4, -0.2) is 11.6 Å². The minimum absolute atomic E-state index is 0.0452. The highest BCUT2D eigenvalue weighted by Gasteiger charge is 2.24. The van der Waals surface area contributed by atoms with Gasteiger partial charge in [-0.15, -0.1) is 0 Å². The number of carbonyl (C=O) groups excluding carboxylic acids is 2. The normalized spacial score (nSPS) is 23.3. The molecule has 2 heteroatoms. The van der Waals surface area contributed by atoms with Crippen molar-refractivity contribution in [3.63, 3.8) is 0 Å². The fourth-order valence-electron chi connectivity index (χ4n) is 1.87. The van der Waals surface area contributed by atoms with Gasteiger partial charge in [-0.2, -0.15) is 0 Å². The van der Waals surface area contributed by atoms with Gasteiger partial charge in [-0.05, 0) is 25.8 Å². The SMILES string of the molecule is CC1=CC(=O)CC(C(=O)C(C)C)CC1. The number of hydrogen-bond acceptors (Lipinski definition) is 2. The topological polar surface area (TPSA) is 34.1 Å². The van der Waals surface area contributed by atoms with Crippen LogP contribution in [0, 0.1) is 11.8 Å². The maximum Gasteiger partial charge on any atom is 0.156 e. The Morgan fingerprint density at radius 2 is 2.14 bits per heavy atom. The van der Waals surface area contributed by atoms with Crippen molar-refractivity contribution in [2.24, 2.45) is 11.8 Å². The summed E-state index contributed by atoms with van der Waals surface area (Å²) in [7, 11) is 0. The molecule has 0 heterocycles. The third-order valence-electron chi connectivity index (χ3n) is 2.71. The molecular weight excluding hydrogens is 176 g/mol. The van der Waals surface area contributed by atoms with E-state index in [2.05, 4.69) is 0 Å². The Hall–Kier alpha value is -0.920. The molecule has 1 aliphatic rings. The van der Waals surface area contributed by atoms with Crippen molar-refractivity contribution in [1.82, 2.24) is 0 Å². The van der Waals surface area contributed by atoms with Crippen LogP contribution in [0.1, 0.15) is 40.0 Å². The molecule has 0 aromatic rings. The predicted molar refractivity (Wildman–Crippen MR) is 56.0 cm³/mol. The average molecular weight is 194 g/mol. The summed E-state index contributed by atoms with van der Waals surface area (Å²) < 4.78 is 0. The number of carbonyl (C=O) groups is 2. The van der Waals surface area contributed by atoms with E-state index >= 15 is 0 Å². The summed E-state index contributed by atoms with van der Waals surface area (Å²) >= 11 is 0. The van der Waals surface area contributed by atoms with E-state index < -0.39 is 0 Å². The Bertz CT molecular complexity index is 274. The number of Topliss-reactive ketones (excluding diaryl/α,β-unsaturated/α-hetero) is 1. The summed E-state index contributed by atoms with van der Waals surface area (Å²) in [5.74, 6) is 0.350. The van der Waals surface area contributed by atoms with Gasteiger partial charge in [-0.1, -0.05) is 19.4 Å². The van der Waals surface area contributed by atoms with Crippen LogP contribution in [0.25, 0.3) is 0 Å². The lowest BCUT2D eigenvalue weighted by Crippen LogP contribution is -2.21. The largest absolute Gasteiger partial charge is 0.299 e. The fourth-order valence-corrected chi connectivity index (χ4v) is 1.87. The van der Waals surface area contributed by atoms with Crippen LogP contribution in [0.4, 0.5) is 0 Å². The zero-order valence-electron chi connectivity index (χ0n) is 9.17. The first-order valence-electron chi connectivity index (χ1n) is 5.24. The van der Waals surface area contributed by atoms with Crippen molar-refractivity contribution in [3.8, 4) is 0 Å². The molecule has 0 N–H and O–H groups in total. The molecule has 1 atom stereocenters. The Labute approximate surface area is 85.4 Å². The van der Waals surface area contributed by atoms with Gasteiger partial charge in [0.05, 0.1) is 0 Å². The van der Waals surface area contributed by atoms with Crippen LogP contribution in [0.2, 0.25) is 0 Å². The Morgan fingerprint density at radius 3 is 2.71 bits per heavy atom. The molecule has 0 bridgehead atoms. The predicted octanol–water partition coefficient (Wildman–Crippen LogP) is 2.53. The van der Waals surface area contributed by atoms with Gasteiger partial charge < -0.3 is 0 Å². The Balaban J connectivity index is 2.68. The highest BCUT2D eigenvalue weighted by Crippen LogP contribution is 2.23. The molecule has 14 heavy (non-hydrogen) atoms. The van der Waals surface area contributed by atoms with Crippen molar-refractivity contribution >= 4 is 11.6 Å². The second-order valence-corrected chi connectivity index (χ2v) is 4.45. The van der Waals surface area contributed by atoms with Crippen molar-refractivity contribution < 1.29 is 9.59 Å². The van der Waals surface area contributed by atoms with Crippen LogP contribution in [-0.2, 0) is 9.59 Å². The summed E-state index contributed by atoms with van der Waals surface area (Å²) in [4.78, 5) is 23.1.